The van der Waals surface area contributed by atoms with Gasteiger partial charge >= 0.3 is 0 Å². The summed E-state index contributed by atoms with van der Waals surface area (Å²) in [5.74, 6) is -0.0697. The number of nitrogens with one attached hydrogen (secondary N) is 1. The summed E-state index contributed by atoms with van der Waals surface area (Å²) < 4.78 is 0. The predicted octanol–water partition coefficient (Wildman–Crippen LogP) is 4.16. The number of carbonyl (C=O) groups excluding carboxylic acids is 1. The van der Waals surface area contributed by atoms with Gasteiger partial charge in [-0.1, -0.05) is 54.6 Å². The standard InChI is InChI=1S/C21H20N2O/c1-16(20-13-7-8-14-22-20)23-21(24)19-12-6-5-11-18(19)15-17-9-3-2-4-10-17/h2-14,16H,15H2,1H3,(H,23,24). The van der Waals surface area contributed by atoms with E-state index in [4.69, 9.17) is 0 Å². The Morgan fingerprint density at radius 1 is 0.958 bits per heavy atom. The Morgan fingerprint density at radius 2 is 1.67 bits per heavy atom. The van der Waals surface area contributed by atoms with Crippen molar-refractivity contribution in [1.82, 2.24) is 10.3 Å². The van der Waals surface area contributed by atoms with Crippen molar-refractivity contribution >= 4 is 5.91 Å². The Bertz CT molecular complexity index is 800. The highest BCUT2D eigenvalue weighted by Gasteiger charge is 2.15. The molecule has 3 aromatic rings. The normalized spacial score (nSPS) is 11.7. The van der Waals surface area contributed by atoms with Crippen molar-refractivity contribution in [2.45, 2.75) is 19.4 Å². The highest BCUT2D eigenvalue weighted by Crippen LogP contribution is 2.16. The molecule has 24 heavy (non-hydrogen) atoms. The molecule has 0 fully saturated rings. The van der Waals surface area contributed by atoms with Crippen LogP contribution in [0.25, 0.3) is 0 Å². The van der Waals surface area contributed by atoms with Crippen LogP contribution in [-0.4, -0.2) is 10.9 Å². The van der Waals surface area contributed by atoms with E-state index < -0.39 is 0 Å². The SMILES string of the molecule is CC(NC(=O)c1ccccc1Cc1ccccc1)c1ccccn1. The largest absolute Gasteiger partial charge is 0.344 e. The topological polar surface area (TPSA) is 42.0 Å². The van der Waals surface area contributed by atoms with Crippen LogP contribution in [0, 0.1) is 0 Å². The average Bonchev–Trinajstić information content (AvgIpc) is 2.63. The van der Waals surface area contributed by atoms with Gasteiger partial charge in [0, 0.05) is 11.8 Å². The van der Waals surface area contributed by atoms with E-state index in [1.165, 1.54) is 5.56 Å². The molecule has 0 aliphatic carbocycles. The molecule has 0 saturated heterocycles. The fraction of sp³-hybridized carbons (Fsp3) is 0.143. The number of benzene rings is 2. The van der Waals surface area contributed by atoms with E-state index in [1.54, 1.807) is 6.20 Å². The minimum Gasteiger partial charge on any atom is -0.344 e. The van der Waals surface area contributed by atoms with Crippen LogP contribution in [0.4, 0.5) is 0 Å². The lowest BCUT2D eigenvalue weighted by Crippen LogP contribution is -2.28. The molecule has 0 radical (unpaired) electrons. The maximum atomic E-state index is 12.7. The van der Waals surface area contributed by atoms with Crippen LogP contribution >= 0.6 is 0 Å². The third-order valence-electron chi connectivity index (χ3n) is 3.98. The zero-order valence-electron chi connectivity index (χ0n) is 13.6. The molecular weight excluding hydrogens is 296 g/mol. The summed E-state index contributed by atoms with van der Waals surface area (Å²) in [4.78, 5) is 17.0. The number of aromatic nitrogens is 1. The van der Waals surface area contributed by atoms with Gasteiger partial charge in [-0.05, 0) is 42.7 Å². The summed E-state index contributed by atoms with van der Waals surface area (Å²) in [6.45, 7) is 1.94. The fourth-order valence-electron chi connectivity index (χ4n) is 2.69. The number of nitrogens with zero attached hydrogens (tertiary/aromatic N) is 1. The van der Waals surface area contributed by atoms with E-state index in [0.717, 1.165) is 17.7 Å². The zero-order valence-corrected chi connectivity index (χ0v) is 13.6. The first-order chi connectivity index (χ1) is 11.7. The molecule has 0 bridgehead atoms. The maximum Gasteiger partial charge on any atom is 0.252 e. The van der Waals surface area contributed by atoms with Crippen molar-refractivity contribution in [2.24, 2.45) is 0 Å². The van der Waals surface area contributed by atoms with Crippen LogP contribution in [-0.2, 0) is 6.42 Å². The summed E-state index contributed by atoms with van der Waals surface area (Å²) in [7, 11) is 0. The van der Waals surface area contributed by atoms with Gasteiger partial charge < -0.3 is 5.32 Å². The minimum atomic E-state index is -0.136. The smallest absolute Gasteiger partial charge is 0.252 e. The predicted molar refractivity (Wildman–Crippen MR) is 95.8 cm³/mol. The number of amides is 1. The molecule has 3 rings (SSSR count). The number of hydrogen-bond acceptors (Lipinski definition) is 2. The lowest BCUT2D eigenvalue weighted by molar-refractivity contribution is 0.0938. The van der Waals surface area contributed by atoms with Crippen molar-refractivity contribution in [2.75, 3.05) is 0 Å². The van der Waals surface area contributed by atoms with Gasteiger partial charge in [-0.15, -0.1) is 0 Å². The van der Waals surface area contributed by atoms with Crippen LogP contribution in [0.5, 0.6) is 0 Å². The Kier molecular flexibility index (Phi) is 5.02. The van der Waals surface area contributed by atoms with Gasteiger partial charge in [0.2, 0.25) is 0 Å². The Labute approximate surface area is 142 Å². The van der Waals surface area contributed by atoms with Crippen LogP contribution in [0.15, 0.2) is 79.0 Å². The van der Waals surface area contributed by atoms with E-state index in [-0.39, 0.29) is 11.9 Å². The molecular formula is C21H20N2O. The molecule has 0 saturated carbocycles. The molecule has 3 nitrogen and oxygen atoms in total. The molecule has 2 aromatic carbocycles. The van der Waals surface area contributed by atoms with Crippen molar-refractivity contribution in [3.63, 3.8) is 0 Å². The summed E-state index contributed by atoms with van der Waals surface area (Å²) >= 11 is 0. The molecule has 1 aromatic heterocycles. The number of hydrogen-bond donors (Lipinski definition) is 1. The summed E-state index contributed by atoms with van der Waals surface area (Å²) in [5.41, 5.74) is 3.78. The summed E-state index contributed by atoms with van der Waals surface area (Å²) in [6.07, 6.45) is 2.48. The second-order valence-electron chi connectivity index (χ2n) is 5.77. The van der Waals surface area contributed by atoms with Crippen molar-refractivity contribution in [1.29, 1.82) is 0 Å². The molecule has 120 valence electrons. The van der Waals surface area contributed by atoms with E-state index in [1.807, 2.05) is 67.6 Å². The molecule has 0 aliphatic rings. The van der Waals surface area contributed by atoms with E-state index in [0.29, 0.717) is 5.56 Å². The third-order valence-corrected chi connectivity index (χ3v) is 3.98. The van der Waals surface area contributed by atoms with Crippen LogP contribution in [0.2, 0.25) is 0 Å². The van der Waals surface area contributed by atoms with Gasteiger partial charge in [-0.2, -0.15) is 0 Å². The first-order valence-electron chi connectivity index (χ1n) is 8.07. The van der Waals surface area contributed by atoms with E-state index in [2.05, 4.69) is 22.4 Å². The van der Waals surface area contributed by atoms with Gasteiger partial charge in [0.25, 0.3) is 5.91 Å². The average molecular weight is 316 g/mol. The van der Waals surface area contributed by atoms with E-state index in [9.17, 15) is 4.79 Å². The fourth-order valence-corrected chi connectivity index (χ4v) is 2.69. The van der Waals surface area contributed by atoms with Crippen LogP contribution < -0.4 is 5.32 Å². The Hall–Kier alpha value is -2.94. The summed E-state index contributed by atoms with van der Waals surface area (Å²) in [5, 5.41) is 3.04. The molecule has 0 aliphatic heterocycles. The lowest BCUT2D eigenvalue weighted by atomic mass is 9.99. The van der Waals surface area contributed by atoms with Crippen LogP contribution in [0.1, 0.15) is 40.1 Å². The highest BCUT2D eigenvalue weighted by atomic mass is 16.1. The van der Waals surface area contributed by atoms with Crippen LogP contribution in [0.3, 0.4) is 0 Å². The van der Waals surface area contributed by atoms with Gasteiger partial charge in [0.05, 0.1) is 11.7 Å². The molecule has 1 atom stereocenters. The third kappa shape index (κ3) is 3.87. The van der Waals surface area contributed by atoms with Gasteiger partial charge in [0.1, 0.15) is 0 Å². The monoisotopic (exact) mass is 316 g/mol. The molecule has 1 heterocycles. The number of carbonyl (C=O) groups is 1. The molecule has 1 N–H and O–H groups in total. The Morgan fingerprint density at radius 3 is 2.42 bits per heavy atom. The van der Waals surface area contributed by atoms with Gasteiger partial charge in [-0.3, -0.25) is 9.78 Å². The van der Waals surface area contributed by atoms with E-state index >= 15 is 0 Å². The zero-order chi connectivity index (χ0) is 16.8. The number of rotatable bonds is 5. The molecule has 1 unspecified atom stereocenters. The van der Waals surface area contributed by atoms with Crippen molar-refractivity contribution in [3.8, 4) is 0 Å². The van der Waals surface area contributed by atoms with Gasteiger partial charge in [0.15, 0.2) is 0 Å². The van der Waals surface area contributed by atoms with Gasteiger partial charge in [-0.25, -0.2) is 0 Å². The molecule has 1 amide bonds. The second-order valence-corrected chi connectivity index (χ2v) is 5.77. The minimum absolute atomic E-state index is 0.0697. The first-order valence-corrected chi connectivity index (χ1v) is 8.07. The molecule has 3 heteroatoms. The summed E-state index contributed by atoms with van der Waals surface area (Å²) in [6, 6.07) is 23.5. The highest BCUT2D eigenvalue weighted by molar-refractivity contribution is 5.96. The Balaban J connectivity index is 1.78. The van der Waals surface area contributed by atoms with Crippen molar-refractivity contribution in [3.05, 3.63) is 101 Å². The molecule has 0 spiro atoms. The maximum absolute atomic E-state index is 12.7. The first kappa shape index (κ1) is 15.9. The number of pyridine rings is 1. The van der Waals surface area contributed by atoms with Crippen molar-refractivity contribution < 1.29 is 4.79 Å². The second kappa shape index (κ2) is 7.55. The lowest BCUT2D eigenvalue weighted by Gasteiger charge is -2.15. The quantitative estimate of drug-likeness (QED) is 0.768.